The van der Waals surface area contributed by atoms with Crippen LogP contribution in [0.2, 0.25) is 0 Å². The maximum absolute atomic E-state index is 12.2. The van der Waals surface area contributed by atoms with E-state index < -0.39 is 23.5 Å². The molecule has 0 saturated heterocycles. The molecule has 0 aromatic carbocycles. The van der Waals surface area contributed by atoms with E-state index in [4.69, 9.17) is 0 Å². The third-order valence-corrected chi connectivity index (χ3v) is 1.90. The summed E-state index contributed by atoms with van der Waals surface area (Å²) in [5, 5.41) is 0. The molecule has 98 valence electrons. The molecular weight excluding hydrogens is 237 g/mol. The van der Waals surface area contributed by atoms with E-state index in [2.05, 4.69) is 4.74 Å². The van der Waals surface area contributed by atoms with Crippen molar-refractivity contribution in [1.29, 1.82) is 0 Å². The predicted octanol–water partition coefficient (Wildman–Crippen LogP) is 2.80. The summed E-state index contributed by atoms with van der Waals surface area (Å²) in [6.07, 6.45) is -2.45. The van der Waals surface area contributed by atoms with Gasteiger partial charge in [0.2, 0.25) is 0 Å². The van der Waals surface area contributed by atoms with Gasteiger partial charge in [0.25, 0.3) is 5.78 Å². The zero-order valence-corrected chi connectivity index (χ0v) is 9.76. The van der Waals surface area contributed by atoms with Crippen molar-refractivity contribution in [3.05, 3.63) is 11.6 Å². The first-order valence-electron chi connectivity index (χ1n) is 5.33. The van der Waals surface area contributed by atoms with Crippen molar-refractivity contribution < 1.29 is 27.5 Å². The van der Waals surface area contributed by atoms with Crippen LogP contribution in [0.3, 0.4) is 0 Å². The molecule has 0 rings (SSSR count). The Bertz CT molecular complexity index is 306. The number of ketones is 1. The molecule has 0 aliphatic heterocycles. The highest BCUT2D eigenvalue weighted by Gasteiger charge is 2.43. The SMILES string of the molecule is CCCC/C=C(/C(=O)OCC)C(=O)C(F)(F)F. The van der Waals surface area contributed by atoms with Gasteiger partial charge in [0, 0.05) is 0 Å². The van der Waals surface area contributed by atoms with E-state index >= 15 is 0 Å². The molecule has 0 aliphatic rings. The number of carbonyl (C=O) groups excluding carboxylic acids is 2. The normalized spacial score (nSPS) is 12.4. The summed E-state index contributed by atoms with van der Waals surface area (Å²) < 4.78 is 41.1. The number of rotatable bonds is 6. The Morgan fingerprint density at radius 1 is 1.24 bits per heavy atom. The number of hydrogen-bond donors (Lipinski definition) is 0. The minimum Gasteiger partial charge on any atom is -0.462 e. The van der Waals surface area contributed by atoms with E-state index in [9.17, 15) is 22.8 Å². The van der Waals surface area contributed by atoms with Crippen LogP contribution in [0.15, 0.2) is 11.6 Å². The van der Waals surface area contributed by atoms with Crippen LogP contribution < -0.4 is 0 Å². The summed E-state index contributed by atoms with van der Waals surface area (Å²) in [4.78, 5) is 22.2. The fourth-order valence-corrected chi connectivity index (χ4v) is 1.08. The Balaban J connectivity index is 4.91. The van der Waals surface area contributed by atoms with Gasteiger partial charge in [-0.1, -0.05) is 25.8 Å². The Labute approximate surface area is 97.6 Å². The van der Waals surface area contributed by atoms with Crippen LogP contribution >= 0.6 is 0 Å². The Kier molecular flexibility index (Phi) is 6.53. The summed E-state index contributed by atoms with van der Waals surface area (Å²) in [6.45, 7) is 3.23. The molecule has 0 radical (unpaired) electrons. The topological polar surface area (TPSA) is 43.4 Å². The Hall–Kier alpha value is -1.33. The van der Waals surface area contributed by atoms with Crippen LogP contribution in [-0.4, -0.2) is 24.5 Å². The van der Waals surface area contributed by atoms with E-state index in [1.807, 2.05) is 6.92 Å². The summed E-state index contributed by atoms with van der Waals surface area (Å²) in [5.41, 5.74) is -0.923. The van der Waals surface area contributed by atoms with Gasteiger partial charge in [-0.2, -0.15) is 13.2 Å². The number of allylic oxidation sites excluding steroid dienone is 1. The molecule has 0 atom stereocenters. The molecule has 0 heterocycles. The monoisotopic (exact) mass is 252 g/mol. The molecule has 0 unspecified atom stereocenters. The highest BCUT2D eigenvalue weighted by molar-refractivity contribution is 6.19. The molecule has 0 spiro atoms. The lowest BCUT2D eigenvalue weighted by atomic mass is 10.1. The first-order valence-corrected chi connectivity index (χ1v) is 5.33. The van der Waals surface area contributed by atoms with E-state index in [-0.39, 0.29) is 13.0 Å². The second-order valence-electron chi connectivity index (χ2n) is 3.31. The molecule has 0 aromatic heterocycles. The van der Waals surface area contributed by atoms with Gasteiger partial charge in [-0.05, 0) is 13.3 Å². The van der Waals surface area contributed by atoms with Gasteiger partial charge >= 0.3 is 12.1 Å². The molecule has 0 aliphatic carbocycles. The molecule has 17 heavy (non-hydrogen) atoms. The van der Waals surface area contributed by atoms with E-state index in [0.29, 0.717) is 6.42 Å². The van der Waals surface area contributed by atoms with Crippen LogP contribution in [0.25, 0.3) is 0 Å². The molecular formula is C11H15F3O3. The van der Waals surface area contributed by atoms with Gasteiger partial charge in [0.05, 0.1) is 6.61 Å². The molecule has 3 nitrogen and oxygen atoms in total. The fourth-order valence-electron chi connectivity index (χ4n) is 1.08. The number of Topliss-reactive ketones (excluding diaryl/α,β-unsaturated/α-hetero) is 1. The molecule has 0 saturated carbocycles. The summed E-state index contributed by atoms with van der Waals surface area (Å²) in [7, 11) is 0. The quantitative estimate of drug-likeness (QED) is 0.240. The highest BCUT2D eigenvalue weighted by atomic mass is 19.4. The fraction of sp³-hybridized carbons (Fsp3) is 0.636. The second kappa shape index (κ2) is 7.09. The molecule has 0 aromatic rings. The number of halogens is 3. The number of unbranched alkanes of at least 4 members (excludes halogenated alkanes) is 2. The average Bonchev–Trinajstić information content (AvgIpc) is 2.22. The molecule has 0 N–H and O–H groups in total. The lowest BCUT2D eigenvalue weighted by molar-refractivity contribution is -0.168. The van der Waals surface area contributed by atoms with Crippen molar-refractivity contribution >= 4 is 11.8 Å². The average molecular weight is 252 g/mol. The van der Waals surface area contributed by atoms with Gasteiger partial charge in [-0.3, -0.25) is 4.79 Å². The minimum atomic E-state index is -5.05. The van der Waals surface area contributed by atoms with E-state index in [0.717, 1.165) is 12.5 Å². The van der Waals surface area contributed by atoms with Gasteiger partial charge in [0.1, 0.15) is 5.57 Å². The molecule has 0 bridgehead atoms. The van der Waals surface area contributed by atoms with Gasteiger partial charge in [-0.15, -0.1) is 0 Å². The smallest absolute Gasteiger partial charge is 0.455 e. The summed E-state index contributed by atoms with van der Waals surface area (Å²) in [6, 6.07) is 0. The number of carbonyl (C=O) groups is 2. The number of alkyl halides is 3. The highest BCUT2D eigenvalue weighted by Crippen LogP contribution is 2.22. The summed E-state index contributed by atoms with van der Waals surface area (Å²) >= 11 is 0. The third-order valence-electron chi connectivity index (χ3n) is 1.90. The number of ether oxygens (including phenoxy) is 1. The Morgan fingerprint density at radius 3 is 2.24 bits per heavy atom. The van der Waals surface area contributed by atoms with Crippen molar-refractivity contribution in [2.24, 2.45) is 0 Å². The zero-order valence-electron chi connectivity index (χ0n) is 9.76. The lowest BCUT2D eigenvalue weighted by Gasteiger charge is -2.08. The summed E-state index contributed by atoms with van der Waals surface area (Å²) in [5.74, 6) is -3.36. The predicted molar refractivity (Wildman–Crippen MR) is 55.3 cm³/mol. The number of esters is 1. The minimum absolute atomic E-state index is 0.0743. The van der Waals surface area contributed by atoms with Crippen LogP contribution in [0.1, 0.15) is 33.1 Å². The van der Waals surface area contributed by atoms with Crippen molar-refractivity contribution in [3.63, 3.8) is 0 Å². The first-order chi connectivity index (χ1) is 7.84. The van der Waals surface area contributed by atoms with E-state index in [1.165, 1.54) is 6.92 Å². The van der Waals surface area contributed by atoms with Crippen LogP contribution in [0.4, 0.5) is 13.2 Å². The standard InChI is InChI=1S/C11H15F3O3/c1-3-5-6-7-8(10(16)17-4-2)9(15)11(12,13)14/h7H,3-6H2,1-2H3/b8-7+. The lowest BCUT2D eigenvalue weighted by Crippen LogP contribution is -2.29. The number of hydrogen-bond acceptors (Lipinski definition) is 3. The van der Waals surface area contributed by atoms with Crippen LogP contribution in [0, 0.1) is 0 Å². The van der Waals surface area contributed by atoms with Crippen molar-refractivity contribution in [2.45, 2.75) is 39.3 Å². The van der Waals surface area contributed by atoms with Gasteiger partial charge < -0.3 is 4.74 Å². The van der Waals surface area contributed by atoms with Crippen LogP contribution in [-0.2, 0) is 14.3 Å². The third kappa shape index (κ3) is 5.51. The molecule has 0 fully saturated rings. The first kappa shape index (κ1) is 15.7. The maximum Gasteiger partial charge on any atom is 0.455 e. The van der Waals surface area contributed by atoms with Crippen molar-refractivity contribution in [3.8, 4) is 0 Å². The molecule has 0 amide bonds. The van der Waals surface area contributed by atoms with Gasteiger partial charge in [-0.25, -0.2) is 4.79 Å². The van der Waals surface area contributed by atoms with E-state index in [1.54, 1.807) is 0 Å². The van der Waals surface area contributed by atoms with Crippen molar-refractivity contribution in [1.82, 2.24) is 0 Å². The van der Waals surface area contributed by atoms with Crippen molar-refractivity contribution in [2.75, 3.05) is 6.61 Å². The van der Waals surface area contributed by atoms with Crippen LogP contribution in [0.5, 0.6) is 0 Å². The maximum atomic E-state index is 12.2. The second-order valence-corrected chi connectivity index (χ2v) is 3.31. The largest absolute Gasteiger partial charge is 0.462 e. The Morgan fingerprint density at radius 2 is 1.82 bits per heavy atom. The molecule has 6 heteroatoms. The zero-order chi connectivity index (χ0) is 13.5. The van der Waals surface area contributed by atoms with Gasteiger partial charge in [0.15, 0.2) is 0 Å².